The van der Waals surface area contributed by atoms with Crippen molar-refractivity contribution in [2.24, 2.45) is 7.05 Å². The van der Waals surface area contributed by atoms with Crippen LogP contribution in [0.15, 0.2) is 46.1 Å². The number of carboxylic acids is 1. The molecule has 10 heteroatoms. The molecule has 0 saturated heterocycles. The molecule has 1 atom stereocenters. The molecular formula is C20H19BrCl2N4O3. The first-order valence-corrected chi connectivity index (χ1v) is 10.5. The second-order valence-corrected chi connectivity index (χ2v) is 8.56. The van der Waals surface area contributed by atoms with Crippen LogP contribution in [-0.2, 0) is 7.05 Å². The van der Waals surface area contributed by atoms with Gasteiger partial charge in [0.05, 0.1) is 17.4 Å². The van der Waals surface area contributed by atoms with E-state index >= 15 is 0 Å². The van der Waals surface area contributed by atoms with Gasteiger partial charge in [0.2, 0.25) is 0 Å². The Balaban J connectivity index is 2.25. The molecule has 30 heavy (non-hydrogen) atoms. The molecule has 0 aliphatic heterocycles. The summed E-state index contributed by atoms with van der Waals surface area (Å²) in [5.41, 5.74) is 1.36. The zero-order valence-corrected chi connectivity index (χ0v) is 19.5. The molecule has 3 aromatic rings. The first-order valence-electron chi connectivity index (χ1n) is 8.99. The fourth-order valence-electron chi connectivity index (χ4n) is 3.22. The summed E-state index contributed by atoms with van der Waals surface area (Å²) in [7, 11) is 1.59. The summed E-state index contributed by atoms with van der Waals surface area (Å²) >= 11 is 15.5. The molecule has 2 N–H and O–H groups in total. The van der Waals surface area contributed by atoms with Gasteiger partial charge in [-0.2, -0.15) is 0 Å². The van der Waals surface area contributed by atoms with Crippen molar-refractivity contribution in [3.8, 4) is 0 Å². The van der Waals surface area contributed by atoms with Gasteiger partial charge < -0.3 is 19.6 Å². The molecule has 2 heterocycles. The van der Waals surface area contributed by atoms with Crippen molar-refractivity contribution in [2.45, 2.75) is 25.9 Å². The molecule has 2 aromatic heterocycles. The van der Waals surface area contributed by atoms with Gasteiger partial charge in [-0.15, -0.1) is 0 Å². The third-order valence-electron chi connectivity index (χ3n) is 4.55. The Hall–Kier alpha value is -2.29. The van der Waals surface area contributed by atoms with Crippen molar-refractivity contribution >= 4 is 50.8 Å². The normalized spacial score (nSPS) is 12.2. The number of aromatic nitrogens is 3. The Labute approximate surface area is 191 Å². The van der Waals surface area contributed by atoms with Crippen molar-refractivity contribution in [3.05, 3.63) is 78.6 Å². The number of aryl methyl sites for hydroxylation is 1. The summed E-state index contributed by atoms with van der Waals surface area (Å²) in [5, 5.41) is 13.7. The highest BCUT2D eigenvalue weighted by molar-refractivity contribution is 9.10. The number of carboxylic acid groups (broad SMARTS) is 1. The number of rotatable bonds is 6. The van der Waals surface area contributed by atoms with Gasteiger partial charge in [-0.25, -0.2) is 9.78 Å². The number of anilines is 1. The van der Waals surface area contributed by atoms with Crippen LogP contribution in [0.2, 0.25) is 10.0 Å². The van der Waals surface area contributed by atoms with Crippen molar-refractivity contribution in [2.75, 3.05) is 5.32 Å². The molecule has 0 radical (unpaired) electrons. The summed E-state index contributed by atoms with van der Waals surface area (Å²) in [6, 6.07) is 7.90. The number of nitrogens with one attached hydrogen (secondary N) is 1. The van der Waals surface area contributed by atoms with Crippen molar-refractivity contribution in [3.63, 3.8) is 0 Å². The van der Waals surface area contributed by atoms with Crippen LogP contribution in [0.5, 0.6) is 0 Å². The Bertz CT molecular complexity index is 1130. The van der Waals surface area contributed by atoms with E-state index in [1.165, 1.54) is 10.6 Å². The SMILES string of the molecule is CC(C)n1c(Br)nc(C(=O)O)c1C(Nc1cc(Cl)c(=O)n(C)c1)c1ccc(Cl)cc1. The van der Waals surface area contributed by atoms with Gasteiger partial charge in [0.25, 0.3) is 5.56 Å². The van der Waals surface area contributed by atoms with Crippen LogP contribution in [-0.4, -0.2) is 25.2 Å². The number of hydrogen-bond acceptors (Lipinski definition) is 4. The average molecular weight is 514 g/mol. The van der Waals surface area contributed by atoms with Gasteiger partial charge in [-0.1, -0.05) is 35.3 Å². The summed E-state index contributed by atoms with van der Waals surface area (Å²) < 4.78 is 3.57. The largest absolute Gasteiger partial charge is 0.476 e. The molecular weight excluding hydrogens is 495 g/mol. The van der Waals surface area contributed by atoms with E-state index in [0.717, 1.165) is 5.56 Å². The Morgan fingerprint density at radius 1 is 1.23 bits per heavy atom. The monoisotopic (exact) mass is 512 g/mol. The molecule has 0 bridgehead atoms. The van der Waals surface area contributed by atoms with Gasteiger partial charge in [0, 0.05) is 24.3 Å². The van der Waals surface area contributed by atoms with Gasteiger partial charge in [0.1, 0.15) is 5.02 Å². The number of nitrogens with zero attached hydrogens (tertiary/aromatic N) is 3. The maximum atomic E-state index is 12.0. The summed E-state index contributed by atoms with van der Waals surface area (Å²) in [4.78, 5) is 28.2. The lowest BCUT2D eigenvalue weighted by Gasteiger charge is -2.25. The highest BCUT2D eigenvalue weighted by Gasteiger charge is 2.30. The predicted octanol–water partition coefficient (Wildman–Crippen LogP) is 5.13. The predicted molar refractivity (Wildman–Crippen MR) is 121 cm³/mol. The minimum atomic E-state index is -1.15. The van der Waals surface area contributed by atoms with E-state index in [4.69, 9.17) is 23.2 Å². The Morgan fingerprint density at radius 2 is 1.87 bits per heavy atom. The molecule has 7 nitrogen and oxygen atoms in total. The molecule has 0 aliphatic carbocycles. The molecule has 1 aromatic carbocycles. The van der Waals surface area contributed by atoms with E-state index in [1.807, 2.05) is 13.8 Å². The lowest BCUT2D eigenvalue weighted by Crippen LogP contribution is -2.23. The average Bonchev–Trinajstić information content (AvgIpc) is 3.02. The van der Waals surface area contributed by atoms with E-state index in [1.54, 1.807) is 42.1 Å². The third-order valence-corrected chi connectivity index (χ3v) is 5.63. The molecule has 0 amide bonds. The maximum absolute atomic E-state index is 12.0. The minimum absolute atomic E-state index is 0.0503. The van der Waals surface area contributed by atoms with Crippen LogP contribution in [0, 0.1) is 0 Å². The van der Waals surface area contributed by atoms with Gasteiger partial charge in [0.15, 0.2) is 10.4 Å². The number of carbonyl (C=O) groups is 1. The second kappa shape index (κ2) is 8.83. The van der Waals surface area contributed by atoms with E-state index < -0.39 is 12.0 Å². The lowest BCUT2D eigenvalue weighted by molar-refractivity contribution is 0.0689. The second-order valence-electron chi connectivity index (χ2n) is 7.01. The van der Waals surface area contributed by atoms with E-state index in [0.29, 0.717) is 21.1 Å². The van der Waals surface area contributed by atoms with Crippen molar-refractivity contribution in [1.82, 2.24) is 14.1 Å². The number of aromatic carboxylic acids is 1. The number of benzene rings is 1. The lowest BCUT2D eigenvalue weighted by atomic mass is 10.0. The van der Waals surface area contributed by atoms with Crippen LogP contribution in [0.1, 0.15) is 47.7 Å². The first-order chi connectivity index (χ1) is 14.1. The fraction of sp³-hybridized carbons (Fsp3) is 0.250. The fourth-order valence-corrected chi connectivity index (χ4v) is 4.38. The van der Waals surface area contributed by atoms with E-state index in [-0.39, 0.29) is 22.3 Å². The van der Waals surface area contributed by atoms with Gasteiger partial charge in [-0.05, 0) is 53.5 Å². The number of halogens is 3. The molecule has 1 unspecified atom stereocenters. The minimum Gasteiger partial charge on any atom is -0.476 e. The van der Waals surface area contributed by atoms with Crippen LogP contribution in [0.25, 0.3) is 0 Å². The molecule has 0 fully saturated rings. The standard InChI is InChI=1S/C20H19BrCl2N4O3/c1-10(2)27-17(16(19(29)30)25-20(27)21)15(11-4-6-12(22)7-5-11)24-13-8-14(23)18(28)26(3)9-13/h4-10,15,24H,1-3H3,(H,29,30). The molecule has 158 valence electrons. The summed E-state index contributed by atoms with van der Waals surface area (Å²) in [5.74, 6) is -1.15. The van der Waals surface area contributed by atoms with Crippen LogP contribution >= 0.6 is 39.1 Å². The number of pyridine rings is 1. The van der Waals surface area contributed by atoms with E-state index in [2.05, 4.69) is 26.2 Å². The topological polar surface area (TPSA) is 89.2 Å². The van der Waals surface area contributed by atoms with Crippen LogP contribution in [0.3, 0.4) is 0 Å². The van der Waals surface area contributed by atoms with Crippen LogP contribution < -0.4 is 10.9 Å². The first kappa shape index (κ1) is 22.4. The van der Waals surface area contributed by atoms with Gasteiger partial charge in [-0.3, -0.25) is 4.79 Å². The highest BCUT2D eigenvalue weighted by Crippen LogP contribution is 2.34. The molecule has 3 rings (SSSR count). The molecule has 0 saturated carbocycles. The molecule has 0 aliphatic rings. The Kier molecular flexibility index (Phi) is 6.59. The summed E-state index contributed by atoms with van der Waals surface area (Å²) in [6.45, 7) is 3.87. The van der Waals surface area contributed by atoms with Crippen molar-refractivity contribution in [1.29, 1.82) is 0 Å². The quantitative estimate of drug-likeness (QED) is 0.476. The highest BCUT2D eigenvalue weighted by atomic mass is 79.9. The van der Waals surface area contributed by atoms with Crippen molar-refractivity contribution < 1.29 is 9.90 Å². The van der Waals surface area contributed by atoms with E-state index in [9.17, 15) is 14.7 Å². The summed E-state index contributed by atoms with van der Waals surface area (Å²) in [6.07, 6.45) is 1.60. The number of hydrogen-bond donors (Lipinski definition) is 2. The Morgan fingerprint density at radius 3 is 2.40 bits per heavy atom. The molecule has 0 spiro atoms. The zero-order chi connectivity index (χ0) is 22.2. The third kappa shape index (κ3) is 4.40. The van der Waals surface area contributed by atoms with Gasteiger partial charge >= 0.3 is 5.97 Å². The smallest absolute Gasteiger partial charge is 0.356 e. The maximum Gasteiger partial charge on any atom is 0.356 e. The number of imidazole rings is 1. The van der Waals surface area contributed by atoms with Crippen LogP contribution in [0.4, 0.5) is 5.69 Å². The zero-order valence-electron chi connectivity index (χ0n) is 16.4.